The van der Waals surface area contributed by atoms with Crippen molar-refractivity contribution in [2.24, 2.45) is 5.92 Å². The fraction of sp³-hybridized carbons (Fsp3) is 0.833. The summed E-state index contributed by atoms with van der Waals surface area (Å²) in [4.78, 5) is 21.7. The summed E-state index contributed by atoms with van der Waals surface area (Å²) >= 11 is 0. The lowest BCUT2D eigenvalue weighted by Crippen LogP contribution is -2.42. The van der Waals surface area contributed by atoms with Crippen LogP contribution in [-0.2, 0) is 9.53 Å². The maximum Gasteiger partial charge on any atom is 0.315 e. The quantitative estimate of drug-likeness (QED) is 0.538. The molecule has 0 aromatic rings. The third kappa shape index (κ3) is 7.89. The SMILES string of the molecule is CC(CC(=O)O)NC(=O)NCCCOCC1CC1. The molecule has 0 heterocycles. The highest BCUT2D eigenvalue weighted by Crippen LogP contribution is 2.28. The van der Waals surface area contributed by atoms with E-state index in [1.165, 1.54) is 12.8 Å². The normalized spacial score (nSPS) is 16.1. The first-order chi connectivity index (χ1) is 8.58. The van der Waals surface area contributed by atoms with E-state index in [2.05, 4.69) is 10.6 Å². The standard InChI is InChI=1S/C12H22N2O4/c1-9(7-11(15)16)14-12(17)13-5-2-6-18-8-10-3-4-10/h9-10H,2-8H2,1H3,(H,15,16)(H2,13,14,17). The minimum atomic E-state index is -0.920. The van der Waals surface area contributed by atoms with Crippen LogP contribution in [0.5, 0.6) is 0 Å². The Morgan fingerprint density at radius 2 is 2.17 bits per heavy atom. The second-order valence-corrected chi connectivity index (χ2v) is 4.77. The van der Waals surface area contributed by atoms with Gasteiger partial charge in [-0.2, -0.15) is 0 Å². The lowest BCUT2D eigenvalue weighted by atomic mass is 10.2. The van der Waals surface area contributed by atoms with Crippen LogP contribution < -0.4 is 10.6 Å². The summed E-state index contributed by atoms with van der Waals surface area (Å²) in [6, 6.07) is -0.695. The molecular formula is C12H22N2O4. The minimum absolute atomic E-state index is 0.0715. The van der Waals surface area contributed by atoms with Gasteiger partial charge in [0.25, 0.3) is 0 Å². The summed E-state index contributed by atoms with van der Waals surface area (Å²) in [7, 11) is 0. The fourth-order valence-electron chi connectivity index (χ4n) is 1.50. The van der Waals surface area contributed by atoms with Crippen LogP contribution in [0.15, 0.2) is 0 Å². The van der Waals surface area contributed by atoms with E-state index in [0.717, 1.165) is 18.9 Å². The molecule has 0 aliphatic heterocycles. The molecule has 1 rings (SSSR count). The van der Waals surface area contributed by atoms with E-state index >= 15 is 0 Å². The maximum absolute atomic E-state index is 11.3. The van der Waals surface area contributed by atoms with Crippen LogP contribution >= 0.6 is 0 Å². The number of ether oxygens (including phenoxy) is 1. The van der Waals surface area contributed by atoms with Gasteiger partial charge in [-0.3, -0.25) is 4.79 Å². The predicted molar refractivity (Wildman–Crippen MR) is 66.4 cm³/mol. The van der Waals surface area contributed by atoms with Gasteiger partial charge in [0.05, 0.1) is 6.42 Å². The Kier molecular flexibility index (Phi) is 6.49. The molecule has 0 spiro atoms. The molecule has 1 fully saturated rings. The summed E-state index contributed by atoms with van der Waals surface area (Å²) in [5, 5.41) is 13.8. The molecule has 3 N–H and O–H groups in total. The highest BCUT2D eigenvalue weighted by Gasteiger charge is 2.20. The second kappa shape index (κ2) is 7.92. The molecule has 6 heteroatoms. The molecule has 1 aliphatic rings. The number of carbonyl (C=O) groups excluding carboxylic acids is 1. The Hall–Kier alpha value is -1.30. The zero-order valence-electron chi connectivity index (χ0n) is 10.8. The number of hydrogen-bond acceptors (Lipinski definition) is 3. The molecule has 0 radical (unpaired) electrons. The fourth-order valence-corrected chi connectivity index (χ4v) is 1.50. The Morgan fingerprint density at radius 3 is 2.78 bits per heavy atom. The zero-order valence-corrected chi connectivity index (χ0v) is 10.8. The number of urea groups is 1. The van der Waals surface area contributed by atoms with Crippen molar-refractivity contribution in [3.8, 4) is 0 Å². The van der Waals surface area contributed by atoms with Crippen LogP contribution in [0.1, 0.15) is 32.6 Å². The number of aliphatic carboxylic acids is 1. The largest absolute Gasteiger partial charge is 0.481 e. The Morgan fingerprint density at radius 1 is 1.44 bits per heavy atom. The number of nitrogens with one attached hydrogen (secondary N) is 2. The third-order valence-electron chi connectivity index (χ3n) is 2.66. The molecule has 1 saturated carbocycles. The molecule has 2 amide bonds. The highest BCUT2D eigenvalue weighted by molar-refractivity contribution is 5.75. The Balaban J connectivity index is 1.90. The Labute approximate surface area is 107 Å². The maximum atomic E-state index is 11.3. The topological polar surface area (TPSA) is 87.7 Å². The number of carboxylic acid groups (broad SMARTS) is 1. The molecule has 0 bridgehead atoms. The van der Waals surface area contributed by atoms with Crippen molar-refractivity contribution in [3.63, 3.8) is 0 Å². The lowest BCUT2D eigenvalue weighted by Gasteiger charge is -2.12. The molecular weight excluding hydrogens is 236 g/mol. The van der Waals surface area contributed by atoms with Gasteiger partial charge in [0, 0.05) is 25.8 Å². The van der Waals surface area contributed by atoms with Crippen LogP contribution in [0.4, 0.5) is 4.79 Å². The molecule has 0 aromatic carbocycles. The van der Waals surface area contributed by atoms with Gasteiger partial charge in [-0.05, 0) is 32.1 Å². The Bertz CT molecular complexity index is 279. The van der Waals surface area contributed by atoms with Gasteiger partial charge >= 0.3 is 12.0 Å². The van der Waals surface area contributed by atoms with Gasteiger partial charge in [0.2, 0.25) is 0 Å². The number of carbonyl (C=O) groups is 2. The third-order valence-corrected chi connectivity index (χ3v) is 2.66. The van der Waals surface area contributed by atoms with E-state index in [9.17, 15) is 9.59 Å². The van der Waals surface area contributed by atoms with Gasteiger partial charge in [0.1, 0.15) is 0 Å². The highest BCUT2D eigenvalue weighted by atomic mass is 16.5. The first kappa shape index (κ1) is 14.8. The number of carboxylic acids is 1. The summed E-state index contributed by atoms with van der Waals surface area (Å²) < 4.78 is 5.42. The van der Waals surface area contributed by atoms with Gasteiger partial charge in [-0.15, -0.1) is 0 Å². The van der Waals surface area contributed by atoms with E-state index < -0.39 is 5.97 Å². The minimum Gasteiger partial charge on any atom is -0.481 e. The van der Waals surface area contributed by atoms with E-state index in [4.69, 9.17) is 9.84 Å². The van der Waals surface area contributed by atoms with Crippen molar-refractivity contribution in [2.75, 3.05) is 19.8 Å². The number of rotatable bonds is 9. The van der Waals surface area contributed by atoms with Crippen LogP contribution in [0.3, 0.4) is 0 Å². The molecule has 104 valence electrons. The van der Waals surface area contributed by atoms with Crippen molar-refractivity contribution < 1.29 is 19.4 Å². The van der Waals surface area contributed by atoms with Crippen molar-refractivity contribution >= 4 is 12.0 Å². The van der Waals surface area contributed by atoms with Crippen molar-refractivity contribution in [3.05, 3.63) is 0 Å². The average Bonchev–Trinajstić information content (AvgIpc) is 3.05. The van der Waals surface area contributed by atoms with Gasteiger partial charge in [-0.25, -0.2) is 4.79 Å². The van der Waals surface area contributed by atoms with Crippen LogP contribution in [0.25, 0.3) is 0 Å². The van der Waals surface area contributed by atoms with Gasteiger partial charge < -0.3 is 20.5 Å². The smallest absolute Gasteiger partial charge is 0.315 e. The number of hydrogen-bond donors (Lipinski definition) is 3. The summed E-state index contributed by atoms with van der Waals surface area (Å²) in [5.74, 6) is -0.158. The first-order valence-electron chi connectivity index (χ1n) is 6.42. The van der Waals surface area contributed by atoms with Gasteiger partial charge in [-0.1, -0.05) is 0 Å². The molecule has 6 nitrogen and oxygen atoms in total. The predicted octanol–water partition coefficient (Wildman–Crippen LogP) is 0.965. The van der Waals surface area contributed by atoms with Gasteiger partial charge in [0.15, 0.2) is 0 Å². The van der Waals surface area contributed by atoms with Crippen LogP contribution in [0.2, 0.25) is 0 Å². The molecule has 1 atom stereocenters. The van der Waals surface area contributed by atoms with Crippen molar-refractivity contribution in [1.29, 1.82) is 0 Å². The van der Waals surface area contributed by atoms with E-state index in [1.54, 1.807) is 6.92 Å². The van der Waals surface area contributed by atoms with E-state index in [1.807, 2.05) is 0 Å². The molecule has 0 saturated heterocycles. The summed E-state index contributed by atoms with van der Waals surface area (Å²) in [6.45, 7) is 3.69. The summed E-state index contributed by atoms with van der Waals surface area (Å²) in [6.07, 6.45) is 3.26. The van der Waals surface area contributed by atoms with Crippen LogP contribution in [0, 0.1) is 5.92 Å². The second-order valence-electron chi connectivity index (χ2n) is 4.77. The first-order valence-corrected chi connectivity index (χ1v) is 6.42. The number of amides is 2. The molecule has 0 aromatic heterocycles. The molecule has 18 heavy (non-hydrogen) atoms. The van der Waals surface area contributed by atoms with E-state index in [0.29, 0.717) is 13.2 Å². The van der Waals surface area contributed by atoms with Crippen LogP contribution in [-0.4, -0.2) is 42.9 Å². The van der Waals surface area contributed by atoms with Crippen molar-refractivity contribution in [2.45, 2.75) is 38.6 Å². The monoisotopic (exact) mass is 258 g/mol. The zero-order chi connectivity index (χ0) is 13.4. The molecule has 1 unspecified atom stereocenters. The van der Waals surface area contributed by atoms with E-state index in [-0.39, 0.29) is 18.5 Å². The molecule has 1 aliphatic carbocycles. The van der Waals surface area contributed by atoms with Crippen molar-refractivity contribution in [1.82, 2.24) is 10.6 Å². The lowest BCUT2D eigenvalue weighted by molar-refractivity contribution is -0.137. The summed E-state index contributed by atoms with van der Waals surface area (Å²) in [5.41, 5.74) is 0. The average molecular weight is 258 g/mol.